The fourth-order valence-electron chi connectivity index (χ4n) is 1.02. The van der Waals surface area contributed by atoms with Gasteiger partial charge >= 0.3 is 7.60 Å². The summed E-state index contributed by atoms with van der Waals surface area (Å²) in [5, 5.41) is 41.5. The molecule has 9 nitrogen and oxygen atoms in total. The molecule has 0 saturated heterocycles. The molecule has 7 N–H and O–H groups in total. The van der Waals surface area contributed by atoms with Crippen LogP contribution in [0.3, 0.4) is 0 Å². The Bertz CT molecular complexity index is 288. The number of rotatable bonds is 6. The molecule has 0 fully saturated rings. The molecule has 10 heteroatoms. The Morgan fingerprint density at radius 2 is 1.69 bits per heavy atom. The van der Waals surface area contributed by atoms with Gasteiger partial charge in [-0.25, -0.2) is 0 Å². The zero-order valence-electron chi connectivity index (χ0n) is 7.91. The predicted octanol–water partition coefficient (Wildman–Crippen LogP) is -3.87. The molecule has 0 unspecified atom stereocenters. The van der Waals surface area contributed by atoms with Crippen LogP contribution < -0.4 is 0 Å². The first kappa shape index (κ1) is 15.6. The highest BCUT2D eigenvalue weighted by atomic mass is 31.2. The molecule has 0 bridgehead atoms. The Balaban J connectivity index is 5.41. The van der Waals surface area contributed by atoms with Crippen LogP contribution in [-0.4, -0.2) is 71.9 Å². The summed E-state index contributed by atoms with van der Waals surface area (Å²) < 4.78 is 10.9. The minimum atomic E-state index is -5.51. The molecule has 0 saturated carbocycles. The first-order chi connectivity index (χ1) is 7.12. The number of aldehydes is 1. The highest BCUT2D eigenvalue weighted by molar-refractivity contribution is 7.53. The fraction of sp³-hybridized carbons (Fsp3) is 0.833. The smallest absolute Gasteiger partial charge is 0.362 e. The van der Waals surface area contributed by atoms with Crippen LogP contribution in [0.5, 0.6) is 0 Å². The van der Waals surface area contributed by atoms with Gasteiger partial charge in [0.05, 0.1) is 6.61 Å². The van der Waals surface area contributed by atoms with Gasteiger partial charge in [-0.05, 0) is 0 Å². The molecule has 96 valence electrons. The van der Waals surface area contributed by atoms with Gasteiger partial charge in [0.2, 0.25) is 5.34 Å². The van der Waals surface area contributed by atoms with Gasteiger partial charge in [-0.2, -0.15) is 0 Å². The molecule has 0 aliphatic heterocycles. The van der Waals surface area contributed by atoms with Crippen LogP contribution in [0.4, 0.5) is 0 Å². The highest BCUT2D eigenvalue weighted by Gasteiger charge is 2.58. The number of aliphatic hydroxyl groups is 5. The van der Waals surface area contributed by atoms with E-state index >= 15 is 0 Å². The maximum Gasteiger partial charge on any atom is 0.362 e. The number of hydrogen-bond acceptors (Lipinski definition) is 7. The van der Waals surface area contributed by atoms with E-state index in [1.54, 1.807) is 0 Å². The molecule has 0 amide bonds. The molecule has 0 heterocycles. The van der Waals surface area contributed by atoms with Crippen molar-refractivity contribution in [3.8, 4) is 0 Å². The van der Waals surface area contributed by atoms with Crippen molar-refractivity contribution in [3.63, 3.8) is 0 Å². The highest BCUT2D eigenvalue weighted by Crippen LogP contribution is 2.53. The van der Waals surface area contributed by atoms with Gasteiger partial charge in [-0.3, -0.25) is 4.57 Å². The van der Waals surface area contributed by atoms with Gasteiger partial charge in [0.1, 0.15) is 18.3 Å². The minimum Gasteiger partial charge on any atom is -0.394 e. The zero-order valence-corrected chi connectivity index (χ0v) is 8.81. The summed E-state index contributed by atoms with van der Waals surface area (Å²) in [7, 11) is -5.51. The second-order valence-corrected chi connectivity index (χ2v) is 4.90. The number of aliphatic hydroxyl groups excluding tert-OH is 4. The van der Waals surface area contributed by atoms with Crippen molar-refractivity contribution in [1.82, 2.24) is 0 Å². The SMILES string of the molecule is O=C[C@H](O)[C@@H](O)[C@](O)([C@H](O)CO)P(=O)(O)O. The van der Waals surface area contributed by atoms with E-state index in [4.69, 9.17) is 25.1 Å². The summed E-state index contributed by atoms with van der Waals surface area (Å²) in [5.41, 5.74) is 0. The molecule has 0 aromatic carbocycles. The van der Waals surface area contributed by atoms with Crippen LogP contribution in [0, 0.1) is 0 Å². The van der Waals surface area contributed by atoms with Crippen molar-refractivity contribution in [1.29, 1.82) is 0 Å². The monoisotopic (exact) mass is 260 g/mol. The maximum absolute atomic E-state index is 10.9. The molecule has 0 aliphatic rings. The topological polar surface area (TPSA) is 176 Å². The van der Waals surface area contributed by atoms with Crippen molar-refractivity contribution in [2.24, 2.45) is 0 Å². The fourth-order valence-corrected chi connectivity index (χ4v) is 1.99. The van der Waals surface area contributed by atoms with E-state index in [1.807, 2.05) is 0 Å². The van der Waals surface area contributed by atoms with Gasteiger partial charge in [-0.1, -0.05) is 0 Å². The van der Waals surface area contributed by atoms with Crippen LogP contribution in [0.15, 0.2) is 0 Å². The summed E-state index contributed by atoms with van der Waals surface area (Å²) in [5.74, 6) is 0. The van der Waals surface area contributed by atoms with E-state index in [2.05, 4.69) is 0 Å². The van der Waals surface area contributed by atoms with Gasteiger partial charge < -0.3 is 40.1 Å². The maximum atomic E-state index is 10.9. The zero-order chi connectivity index (χ0) is 13.1. The first-order valence-electron chi connectivity index (χ1n) is 4.01. The normalized spacial score (nSPS) is 21.9. The Morgan fingerprint density at radius 3 is 1.94 bits per heavy atom. The third-order valence-electron chi connectivity index (χ3n) is 2.03. The van der Waals surface area contributed by atoms with Crippen LogP contribution >= 0.6 is 7.60 Å². The van der Waals surface area contributed by atoms with E-state index < -0.39 is 37.9 Å². The third-order valence-corrected chi connectivity index (χ3v) is 3.52. The number of hydrogen-bond donors (Lipinski definition) is 7. The van der Waals surface area contributed by atoms with Gasteiger partial charge in [-0.15, -0.1) is 0 Å². The van der Waals surface area contributed by atoms with Crippen molar-refractivity contribution in [3.05, 3.63) is 0 Å². The van der Waals surface area contributed by atoms with Gasteiger partial charge in [0.25, 0.3) is 0 Å². The summed E-state index contributed by atoms with van der Waals surface area (Å²) in [6.45, 7) is -1.29. The van der Waals surface area contributed by atoms with Crippen LogP contribution in [0.2, 0.25) is 0 Å². The third kappa shape index (κ3) is 2.65. The first-order valence-corrected chi connectivity index (χ1v) is 5.62. The summed E-state index contributed by atoms with van der Waals surface area (Å²) in [4.78, 5) is 27.6. The van der Waals surface area contributed by atoms with Crippen molar-refractivity contribution < 1.29 is 44.7 Å². The summed E-state index contributed by atoms with van der Waals surface area (Å²) in [6.07, 6.45) is -7.68. The lowest BCUT2D eigenvalue weighted by atomic mass is 10.0. The average Bonchev–Trinajstić information content (AvgIpc) is 2.22. The van der Waals surface area contributed by atoms with Crippen molar-refractivity contribution in [2.75, 3.05) is 6.61 Å². The lowest BCUT2D eigenvalue weighted by Crippen LogP contribution is -2.57. The average molecular weight is 260 g/mol. The molecule has 16 heavy (non-hydrogen) atoms. The van der Waals surface area contributed by atoms with Gasteiger partial charge in [0, 0.05) is 0 Å². The number of carbonyl (C=O) groups excluding carboxylic acids is 1. The Hall–Kier alpha value is -0.380. The number of carbonyl (C=O) groups is 1. The summed E-state index contributed by atoms with van der Waals surface area (Å²) in [6, 6.07) is 0. The molecular weight excluding hydrogens is 247 g/mol. The van der Waals surface area contributed by atoms with Crippen molar-refractivity contribution >= 4 is 13.9 Å². The molecule has 0 aromatic rings. The second-order valence-electron chi connectivity index (χ2n) is 3.10. The minimum absolute atomic E-state index is 0.282. The quantitative estimate of drug-likeness (QED) is 0.186. The molecule has 0 spiro atoms. The standard InChI is InChI=1S/C6H13O9P/c7-1-3(9)5(11)6(12,4(10)2-8)16(13,14)15/h1,3-5,8-12H,2H2,(H2,13,14,15)/t3-,4+,5+,6-/m0/s1. The Morgan fingerprint density at radius 1 is 1.25 bits per heavy atom. The van der Waals surface area contributed by atoms with E-state index in [9.17, 15) is 19.6 Å². The molecule has 0 rings (SSSR count). The Labute approximate surface area is 89.7 Å². The van der Waals surface area contributed by atoms with E-state index in [0.717, 1.165) is 0 Å². The second kappa shape index (κ2) is 5.30. The van der Waals surface area contributed by atoms with Crippen molar-refractivity contribution in [2.45, 2.75) is 23.7 Å². The largest absolute Gasteiger partial charge is 0.394 e. The predicted molar refractivity (Wildman–Crippen MR) is 48.2 cm³/mol. The van der Waals surface area contributed by atoms with Crippen LogP contribution in [-0.2, 0) is 9.36 Å². The molecular formula is C6H13O9P. The molecule has 4 atom stereocenters. The molecule has 0 radical (unpaired) electrons. The van der Waals surface area contributed by atoms with Gasteiger partial charge in [0.15, 0.2) is 6.29 Å². The van der Waals surface area contributed by atoms with Crippen LogP contribution in [0.25, 0.3) is 0 Å². The Kier molecular flexibility index (Phi) is 5.17. The molecule has 0 aromatic heterocycles. The van der Waals surface area contributed by atoms with E-state index in [0.29, 0.717) is 0 Å². The van der Waals surface area contributed by atoms with E-state index in [1.165, 1.54) is 0 Å². The summed E-state index contributed by atoms with van der Waals surface area (Å²) >= 11 is 0. The lowest BCUT2D eigenvalue weighted by Gasteiger charge is -2.36. The molecule has 0 aliphatic carbocycles. The van der Waals surface area contributed by atoms with Crippen LogP contribution in [0.1, 0.15) is 0 Å². The van der Waals surface area contributed by atoms with E-state index in [-0.39, 0.29) is 6.29 Å². The lowest BCUT2D eigenvalue weighted by molar-refractivity contribution is -0.154.